The maximum absolute atomic E-state index is 12.0. The fraction of sp³-hybridized carbons (Fsp3) is 0.261. The second-order valence-electron chi connectivity index (χ2n) is 6.95. The number of carbonyl (C=O) groups is 1. The lowest BCUT2D eigenvalue weighted by molar-refractivity contribution is -0.383. The average molecular weight is 451 g/mol. The van der Waals surface area contributed by atoms with Crippen molar-refractivity contribution in [3.8, 4) is 5.75 Å². The van der Waals surface area contributed by atoms with E-state index in [1.807, 2.05) is 0 Å². The Balaban J connectivity index is 1.81. The Morgan fingerprint density at radius 2 is 1.73 bits per heavy atom. The maximum atomic E-state index is 12.0. The predicted molar refractivity (Wildman–Crippen MR) is 124 cm³/mol. The predicted octanol–water partition coefficient (Wildman–Crippen LogP) is 5.23. The van der Waals surface area contributed by atoms with Crippen molar-refractivity contribution in [3.63, 3.8) is 0 Å². The molecule has 10 heteroatoms. The van der Waals surface area contributed by atoms with Gasteiger partial charge in [-0.05, 0) is 55.8 Å². The largest absolute Gasteiger partial charge is 0.494 e. The lowest BCUT2D eigenvalue weighted by atomic mass is 10.2. The van der Waals surface area contributed by atoms with Crippen LogP contribution in [0.3, 0.4) is 0 Å². The van der Waals surface area contributed by atoms with Crippen molar-refractivity contribution in [1.82, 2.24) is 9.97 Å². The summed E-state index contributed by atoms with van der Waals surface area (Å²) < 4.78 is 10.6. The number of benzene rings is 2. The van der Waals surface area contributed by atoms with Gasteiger partial charge in [-0.1, -0.05) is 19.4 Å². The van der Waals surface area contributed by atoms with Crippen molar-refractivity contribution in [1.29, 1.82) is 0 Å². The highest BCUT2D eigenvalue weighted by Gasteiger charge is 2.23. The van der Waals surface area contributed by atoms with E-state index < -0.39 is 10.9 Å². The first kappa shape index (κ1) is 23.5. The zero-order valence-corrected chi connectivity index (χ0v) is 18.4. The third-order valence-corrected chi connectivity index (χ3v) is 4.52. The molecular weight excluding hydrogens is 426 g/mol. The van der Waals surface area contributed by atoms with Crippen LogP contribution >= 0.6 is 0 Å². The minimum absolute atomic E-state index is 0.0157. The summed E-state index contributed by atoms with van der Waals surface area (Å²) in [6, 6.07) is 13.5. The number of carbonyl (C=O) groups excluding carboxylic acids is 1. The summed E-state index contributed by atoms with van der Waals surface area (Å²) in [6.45, 7) is 4.68. The van der Waals surface area contributed by atoms with Gasteiger partial charge in [0.2, 0.25) is 11.6 Å². The van der Waals surface area contributed by atoms with Crippen LogP contribution in [0.1, 0.15) is 37.0 Å². The molecular formula is C23H25N5O5. The van der Waals surface area contributed by atoms with Crippen LogP contribution in [-0.4, -0.2) is 34.1 Å². The second-order valence-corrected chi connectivity index (χ2v) is 6.95. The molecule has 0 amide bonds. The Morgan fingerprint density at radius 3 is 2.36 bits per heavy atom. The Morgan fingerprint density at radius 1 is 1.03 bits per heavy atom. The summed E-state index contributed by atoms with van der Waals surface area (Å²) in [7, 11) is 0. The fourth-order valence-electron chi connectivity index (χ4n) is 2.92. The fourth-order valence-corrected chi connectivity index (χ4v) is 2.92. The standard InChI is InChI=1S/C23H25N5O5/c1-3-5-13-33-19-11-9-17(10-12-19)26-21-20(28(30)31)22(25-15-24-21)27-18-8-6-7-16(14-18)23(29)32-4-2/h6-12,14-15H,3-5,13H2,1-2H3,(H2,24,25,26,27). The molecule has 0 aliphatic heterocycles. The molecule has 1 aromatic heterocycles. The number of nitro groups is 1. The van der Waals surface area contributed by atoms with E-state index in [1.54, 1.807) is 49.4 Å². The van der Waals surface area contributed by atoms with Gasteiger partial charge >= 0.3 is 11.7 Å². The second kappa shape index (κ2) is 11.4. The van der Waals surface area contributed by atoms with Gasteiger partial charge in [-0.15, -0.1) is 0 Å². The van der Waals surface area contributed by atoms with E-state index in [1.165, 1.54) is 12.4 Å². The van der Waals surface area contributed by atoms with Crippen LogP contribution in [0.5, 0.6) is 5.75 Å². The van der Waals surface area contributed by atoms with Gasteiger partial charge in [-0.25, -0.2) is 14.8 Å². The van der Waals surface area contributed by atoms with E-state index in [2.05, 4.69) is 27.5 Å². The van der Waals surface area contributed by atoms with Crippen molar-refractivity contribution in [2.75, 3.05) is 23.8 Å². The molecule has 3 rings (SSSR count). The van der Waals surface area contributed by atoms with E-state index in [-0.39, 0.29) is 23.9 Å². The lowest BCUT2D eigenvalue weighted by Crippen LogP contribution is -2.07. The summed E-state index contributed by atoms with van der Waals surface area (Å²) >= 11 is 0. The minimum atomic E-state index is -0.567. The summed E-state index contributed by atoms with van der Waals surface area (Å²) in [5, 5.41) is 17.7. The van der Waals surface area contributed by atoms with Crippen molar-refractivity contribution < 1.29 is 19.2 Å². The molecule has 0 fully saturated rings. The summed E-state index contributed by atoms with van der Waals surface area (Å²) in [5.74, 6) is 0.245. The SMILES string of the molecule is CCCCOc1ccc(Nc2ncnc(Nc3cccc(C(=O)OCC)c3)c2[N+](=O)[O-])cc1. The molecule has 172 valence electrons. The van der Waals surface area contributed by atoms with E-state index in [0.29, 0.717) is 23.5 Å². The number of rotatable bonds is 11. The quantitative estimate of drug-likeness (QED) is 0.174. The molecule has 3 aromatic rings. The van der Waals surface area contributed by atoms with Gasteiger partial charge < -0.3 is 20.1 Å². The smallest absolute Gasteiger partial charge is 0.353 e. The van der Waals surface area contributed by atoms with Gasteiger partial charge in [-0.3, -0.25) is 10.1 Å². The molecule has 0 atom stereocenters. The number of esters is 1. The highest BCUT2D eigenvalue weighted by molar-refractivity contribution is 5.91. The van der Waals surface area contributed by atoms with Crippen molar-refractivity contribution in [3.05, 3.63) is 70.5 Å². The first-order chi connectivity index (χ1) is 16.0. The number of hydrogen-bond donors (Lipinski definition) is 2. The first-order valence-electron chi connectivity index (χ1n) is 10.5. The minimum Gasteiger partial charge on any atom is -0.494 e. The van der Waals surface area contributed by atoms with E-state index in [0.717, 1.165) is 18.6 Å². The zero-order chi connectivity index (χ0) is 23.6. The van der Waals surface area contributed by atoms with E-state index in [4.69, 9.17) is 9.47 Å². The highest BCUT2D eigenvalue weighted by Crippen LogP contribution is 2.33. The number of anilines is 4. The number of aromatic nitrogens is 2. The molecule has 0 saturated heterocycles. The number of unbranched alkanes of at least 4 members (excludes halogenated alkanes) is 1. The summed E-state index contributed by atoms with van der Waals surface area (Å²) in [6.07, 6.45) is 3.22. The normalized spacial score (nSPS) is 10.4. The third-order valence-electron chi connectivity index (χ3n) is 4.52. The number of nitrogens with zero attached hydrogens (tertiary/aromatic N) is 3. The van der Waals surface area contributed by atoms with Crippen molar-refractivity contribution in [2.45, 2.75) is 26.7 Å². The number of ether oxygens (including phenoxy) is 2. The molecule has 0 bridgehead atoms. The molecule has 0 unspecified atom stereocenters. The molecule has 0 saturated carbocycles. The van der Waals surface area contributed by atoms with Gasteiger partial charge in [0.15, 0.2) is 0 Å². The van der Waals surface area contributed by atoms with Crippen molar-refractivity contribution in [2.24, 2.45) is 0 Å². The van der Waals surface area contributed by atoms with Crippen LogP contribution < -0.4 is 15.4 Å². The molecule has 2 N–H and O–H groups in total. The molecule has 0 spiro atoms. The lowest BCUT2D eigenvalue weighted by Gasteiger charge is -2.11. The summed E-state index contributed by atoms with van der Waals surface area (Å²) in [5.41, 5.74) is 1.04. The monoisotopic (exact) mass is 451 g/mol. The van der Waals surface area contributed by atoms with Crippen LogP contribution in [0.15, 0.2) is 54.9 Å². The number of hydrogen-bond acceptors (Lipinski definition) is 9. The first-order valence-corrected chi connectivity index (χ1v) is 10.5. The van der Waals surface area contributed by atoms with Crippen LogP contribution in [0.2, 0.25) is 0 Å². The van der Waals surface area contributed by atoms with Gasteiger partial charge in [0, 0.05) is 11.4 Å². The molecule has 0 aliphatic carbocycles. The molecule has 2 aromatic carbocycles. The zero-order valence-electron chi connectivity index (χ0n) is 18.4. The van der Waals surface area contributed by atoms with Gasteiger partial charge in [0.05, 0.1) is 23.7 Å². The van der Waals surface area contributed by atoms with E-state index >= 15 is 0 Å². The van der Waals surface area contributed by atoms with Crippen LogP contribution in [-0.2, 0) is 4.74 Å². The topological polar surface area (TPSA) is 129 Å². The Kier molecular flexibility index (Phi) is 8.12. The molecule has 10 nitrogen and oxygen atoms in total. The van der Waals surface area contributed by atoms with Crippen LogP contribution in [0.4, 0.5) is 28.7 Å². The maximum Gasteiger partial charge on any atom is 0.353 e. The van der Waals surface area contributed by atoms with Crippen LogP contribution in [0, 0.1) is 10.1 Å². The Labute approximate surface area is 191 Å². The summed E-state index contributed by atoms with van der Waals surface area (Å²) in [4.78, 5) is 31.3. The third kappa shape index (κ3) is 6.39. The molecule has 1 heterocycles. The number of nitrogens with one attached hydrogen (secondary N) is 2. The molecule has 0 aliphatic rings. The highest BCUT2D eigenvalue weighted by atomic mass is 16.6. The van der Waals surface area contributed by atoms with Gasteiger partial charge in [0.25, 0.3) is 0 Å². The van der Waals surface area contributed by atoms with Gasteiger partial charge in [0.1, 0.15) is 12.1 Å². The Bertz CT molecular complexity index is 1100. The van der Waals surface area contributed by atoms with Crippen LogP contribution in [0.25, 0.3) is 0 Å². The molecule has 33 heavy (non-hydrogen) atoms. The van der Waals surface area contributed by atoms with Crippen molar-refractivity contribution >= 4 is 34.7 Å². The van der Waals surface area contributed by atoms with Gasteiger partial charge in [-0.2, -0.15) is 0 Å². The average Bonchev–Trinajstić information content (AvgIpc) is 2.81. The van der Waals surface area contributed by atoms with E-state index in [9.17, 15) is 14.9 Å². The Hall–Kier alpha value is -4.21. The molecule has 0 radical (unpaired) electrons.